The van der Waals surface area contributed by atoms with Crippen molar-refractivity contribution >= 4 is 17.7 Å². The average Bonchev–Trinajstić information content (AvgIpc) is 3.09. The average molecular weight is 425 g/mol. The van der Waals surface area contributed by atoms with Crippen molar-refractivity contribution in [1.82, 2.24) is 10.3 Å². The number of fused-ring (bicyclic) bond motifs is 3. The van der Waals surface area contributed by atoms with Crippen LogP contribution in [0.25, 0.3) is 11.1 Å². The van der Waals surface area contributed by atoms with Gasteiger partial charge in [-0.25, -0.2) is 4.79 Å². The van der Waals surface area contributed by atoms with Gasteiger partial charge in [-0.2, -0.15) is 0 Å². The number of aliphatic hydroxyl groups is 2. The Morgan fingerprint density at radius 1 is 1.07 bits per heavy atom. The van der Waals surface area contributed by atoms with Gasteiger partial charge in [0.2, 0.25) is 0 Å². The van der Waals surface area contributed by atoms with Crippen LogP contribution in [0.2, 0.25) is 5.02 Å². The topological polar surface area (TPSA) is 91.7 Å². The van der Waals surface area contributed by atoms with Gasteiger partial charge in [-0.1, -0.05) is 60.1 Å². The van der Waals surface area contributed by atoms with Crippen LogP contribution in [0.15, 0.2) is 67.0 Å². The van der Waals surface area contributed by atoms with Gasteiger partial charge in [0.1, 0.15) is 18.8 Å². The molecule has 0 aliphatic heterocycles. The minimum absolute atomic E-state index is 0.0452. The van der Waals surface area contributed by atoms with Gasteiger partial charge in [-0.05, 0) is 28.3 Å². The number of rotatable bonds is 6. The molecule has 2 atom stereocenters. The van der Waals surface area contributed by atoms with Gasteiger partial charge in [-0.3, -0.25) is 4.98 Å². The molecule has 2 unspecified atom stereocenters. The van der Waals surface area contributed by atoms with Crippen molar-refractivity contribution in [1.29, 1.82) is 0 Å². The first-order valence-electron chi connectivity index (χ1n) is 9.60. The highest BCUT2D eigenvalue weighted by molar-refractivity contribution is 6.30. The SMILES string of the molecule is O=C(NCC(O)C(O)c1cncc(Cl)c1)OCC1c2ccccc2-c2ccccc21. The fraction of sp³-hybridized carbons (Fsp3) is 0.217. The number of halogens is 1. The minimum atomic E-state index is -1.23. The second-order valence-electron chi connectivity index (χ2n) is 7.16. The predicted octanol–water partition coefficient (Wildman–Crippen LogP) is 3.67. The number of alkyl carbamates (subject to hydrolysis) is 1. The molecule has 3 N–H and O–H groups in total. The lowest BCUT2D eigenvalue weighted by Crippen LogP contribution is -2.36. The highest BCUT2D eigenvalue weighted by Crippen LogP contribution is 2.44. The number of nitrogens with one attached hydrogen (secondary N) is 1. The van der Waals surface area contributed by atoms with Gasteiger partial charge in [-0.15, -0.1) is 0 Å². The van der Waals surface area contributed by atoms with E-state index in [4.69, 9.17) is 16.3 Å². The van der Waals surface area contributed by atoms with E-state index in [0.29, 0.717) is 10.6 Å². The van der Waals surface area contributed by atoms with E-state index >= 15 is 0 Å². The lowest BCUT2D eigenvalue weighted by atomic mass is 9.98. The quantitative estimate of drug-likeness (QED) is 0.561. The third kappa shape index (κ3) is 4.16. The van der Waals surface area contributed by atoms with Gasteiger partial charge < -0.3 is 20.3 Å². The van der Waals surface area contributed by atoms with Crippen molar-refractivity contribution in [3.63, 3.8) is 0 Å². The van der Waals surface area contributed by atoms with E-state index in [2.05, 4.69) is 22.4 Å². The number of hydrogen-bond acceptors (Lipinski definition) is 5. The molecular formula is C23H21ClN2O4. The molecule has 0 bridgehead atoms. The molecule has 0 spiro atoms. The zero-order chi connectivity index (χ0) is 21.1. The molecule has 1 heterocycles. The molecule has 30 heavy (non-hydrogen) atoms. The number of nitrogens with zero attached hydrogens (tertiary/aromatic N) is 1. The number of aliphatic hydroxyl groups excluding tert-OH is 2. The molecular weight excluding hydrogens is 404 g/mol. The number of aromatic nitrogens is 1. The lowest BCUT2D eigenvalue weighted by molar-refractivity contribution is 0.0183. The van der Waals surface area contributed by atoms with Crippen LogP contribution in [0.4, 0.5) is 4.79 Å². The zero-order valence-corrected chi connectivity index (χ0v) is 16.8. The molecule has 0 radical (unpaired) electrons. The normalized spacial score (nSPS) is 14.5. The number of benzene rings is 2. The maximum Gasteiger partial charge on any atom is 0.407 e. The number of carbonyl (C=O) groups is 1. The molecule has 1 aromatic heterocycles. The van der Waals surface area contributed by atoms with Crippen molar-refractivity contribution in [2.24, 2.45) is 0 Å². The van der Waals surface area contributed by atoms with Crippen molar-refractivity contribution in [3.8, 4) is 11.1 Å². The number of amides is 1. The van der Waals surface area contributed by atoms with Gasteiger partial charge in [0, 0.05) is 30.4 Å². The van der Waals surface area contributed by atoms with Crippen molar-refractivity contribution in [2.75, 3.05) is 13.2 Å². The fourth-order valence-corrected chi connectivity index (χ4v) is 3.94. The van der Waals surface area contributed by atoms with Crippen LogP contribution in [0.3, 0.4) is 0 Å². The lowest BCUT2D eigenvalue weighted by Gasteiger charge is -2.19. The molecule has 0 saturated carbocycles. The first-order chi connectivity index (χ1) is 14.5. The summed E-state index contributed by atoms with van der Waals surface area (Å²) in [7, 11) is 0. The summed E-state index contributed by atoms with van der Waals surface area (Å²) < 4.78 is 5.42. The largest absolute Gasteiger partial charge is 0.449 e. The molecule has 1 aliphatic carbocycles. The van der Waals surface area contributed by atoms with E-state index in [1.165, 1.54) is 18.5 Å². The monoisotopic (exact) mass is 424 g/mol. The third-order valence-corrected chi connectivity index (χ3v) is 5.44. The van der Waals surface area contributed by atoms with Crippen LogP contribution in [0.5, 0.6) is 0 Å². The highest BCUT2D eigenvalue weighted by Gasteiger charge is 2.29. The Kier molecular flexibility index (Phi) is 5.99. The van der Waals surface area contributed by atoms with Gasteiger partial charge >= 0.3 is 6.09 Å². The Bertz CT molecular complexity index is 1010. The molecule has 154 valence electrons. The summed E-state index contributed by atoms with van der Waals surface area (Å²) in [4.78, 5) is 16.1. The molecule has 1 amide bonds. The standard InChI is InChI=1S/C23H21ClN2O4/c24-15-9-14(10-25-11-15)22(28)21(27)12-26-23(29)30-13-20-18-7-3-1-5-16(18)17-6-2-4-8-19(17)20/h1-11,20-22,27-28H,12-13H2,(H,26,29). The molecule has 2 aromatic carbocycles. The van der Waals surface area contributed by atoms with E-state index in [1.807, 2.05) is 36.4 Å². The number of pyridine rings is 1. The van der Waals surface area contributed by atoms with E-state index in [1.54, 1.807) is 0 Å². The van der Waals surface area contributed by atoms with E-state index in [-0.39, 0.29) is 19.1 Å². The van der Waals surface area contributed by atoms with Crippen molar-refractivity contribution in [2.45, 2.75) is 18.1 Å². The smallest absolute Gasteiger partial charge is 0.407 e. The molecule has 1 aliphatic rings. The van der Waals surface area contributed by atoms with Crippen LogP contribution in [-0.2, 0) is 4.74 Å². The summed E-state index contributed by atoms with van der Waals surface area (Å²) in [6.45, 7) is 0.00107. The third-order valence-electron chi connectivity index (χ3n) is 5.23. The Morgan fingerprint density at radius 2 is 1.70 bits per heavy atom. The summed E-state index contributed by atoms with van der Waals surface area (Å²) in [5, 5.41) is 23.2. The van der Waals surface area contributed by atoms with E-state index in [0.717, 1.165) is 22.3 Å². The molecule has 4 rings (SSSR count). The van der Waals surface area contributed by atoms with Crippen LogP contribution < -0.4 is 5.32 Å². The number of carbonyl (C=O) groups excluding carboxylic acids is 1. The number of ether oxygens (including phenoxy) is 1. The van der Waals surface area contributed by atoms with Crippen molar-refractivity contribution < 1.29 is 19.7 Å². The molecule has 0 fully saturated rings. The van der Waals surface area contributed by atoms with E-state index in [9.17, 15) is 15.0 Å². The first kappa shape index (κ1) is 20.3. The van der Waals surface area contributed by atoms with Crippen LogP contribution in [0, 0.1) is 0 Å². The van der Waals surface area contributed by atoms with Crippen LogP contribution in [-0.4, -0.2) is 40.5 Å². The summed E-state index contributed by atoms with van der Waals surface area (Å²) in [6.07, 6.45) is -0.283. The Labute approximate surface area is 179 Å². The number of hydrogen-bond donors (Lipinski definition) is 3. The van der Waals surface area contributed by atoms with Gasteiger partial charge in [0.15, 0.2) is 0 Å². The van der Waals surface area contributed by atoms with Crippen LogP contribution in [0.1, 0.15) is 28.7 Å². The molecule has 6 nitrogen and oxygen atoms in total. The van der Waals surface area contributed by atoms with Crippen LogP contribution >= 0.6 is 11.6 Å². The summed E-state index contributed by atoms with van der Waals surface area (Å²) >= 11 is 5.85. The second kappa shape index (κ2) is 8.83. The summed E-state index contributed by atoms with van der Waals surface area (Å²) in [5.74, 6) is -0.0452. The second-order valence-corrected chi connectivity index (χ2v) is 7.59. The molecule has 7 heteroatoms. The van der Waals surface area contributed by atoms with Gasteiger partial charge in [0.25, 0.3) is 0 Å². The first-order valence-corrected chi connectivity index (χ1v) is 9.98. The molecule has 0 saturated heterocycles. The van der Waals surface area contributed by atoms with E-state index < -0.39 is 18.3 Å². The highest BCUT2D eigenvalue weighted by atomic mass is 35.5. The maximum absolute atomic E-state index is 12.2. The molecule has 3 aromatic rings. The Hall–Kier alpha value is -2.93. The van der Waals surface area contributed by atoms with Gasteiger partial charge in [0.05, 0.1) is 5.02 Å². The van der Waals surface area contributed by atoms with Crippen molar-refractivity contribution in [3.05, 3.63) is 88.7 Å². The minimum Gasteiger partial charge on any atom is -0.449 e. The predicted molar refractivity (Wildman–Crippen MR) is 113 cm³/mol. The zero-order valence-electron chi connectivity index (χ0n) is 16.0. The Morgan fingerprint density at radius 3 is 2.33 bits per heavy atom. The Balaban J connectivity index is 1.34. The fourth-order valence-electron chi connectivity index (χ4n) is 3.76. The summed E-state index contributed by atoms with van der Waals surface area (Å²) in [5.41, 5.74) is 4.90. The maximum atomic E-state index is 12.2. The summed E-state index contributed by atoms with van der Waals surface area (Å²) in [6, 6.07) is 17.7.